The number of sulfonamides is 1. The fourth-order valence-corrected chi connectivity index (χ4v) is 4.63. The molecule has 2 atom stereocenters. The van der Waals surface area contributed by atoms with E-state index in [0.717, 1.165) is 0 Å². The minimum Gasteiger partial charge on any atom is -0.452 e. The number of piperidine rings is 1. The average Bonchev–Trinajstić information content (AvgIpc) is 2.93. The third kappa shape index (κ3) is 4.19. The van der Waals surface area contributed by atoms with Gasteiger partial charge in [0.15, 0.2) is 11.9 Å². The van der Waals surface area contributed by atoms with Crippen LogP contribution in [-0.2, 0) is 24.3 Å². The van der Waals surface area contributed by atoms with Gasteiger partial charge in [0.05, 0.1) is 5.92 Å². The van der Waals surface area contributed by atoms with Crippen LogP contribution >= 0.6 is 0 Å². The summed E-state index contributed by atoms with van der Waals surface area (Å²) in [7, 11) is -3.71. The van der Waals surface area contributed by atoms with Gasteiger partial charge in [-0.1, -0.05) is 12.1 Å². The Morgan fingerprint density at radius 2 is 1.96 bits per heavy atom. The van der Waals surface area contributed by atoms with Crippen LogP contribution in [0.5, 0.6) is 0 Å². The van der Waals surface area contributed by atoms with Crippen molar-refractivity contribution < 1.29 is 22.7 Å². The maximum Gasteiger partial charge on any atom is 0.311 e. The number of likely N-dealkylation sites (tertiary alicyclic amines) is 1. The Morgan fingerprint density at radius 1 is 1.25 bits per heavy atom. The van der Waals surface area contributed by atoms with E-state index in [2.05, 4.69) is 9.71 Å². The van der Waals surface area contributed by atoms with E-state index in [1.54, 1.807) is 25.1 Å². The molecule has 1 saturated heterocycles. The van der Waals surface area contributed by atoms with Gasteiger partial charge in [0, 0.05) is 24.7 Å². The number of nitrogens with one attached hydrogen (secondary N) is 1. The molecule has 1 fully saturated rings. The molecule has 0 aliphatic carbocycles. The maximum absolute atomic E-state index is 12.5. The Labute approximate surface area is 165 Å². The fourth-order valence-electron chi connectivity index (χ4n) is 3.40. The Hall–Kier alpha value is -2.42. The summed E-state index contributed by atoms with van der Waals surface area (Å²) in [6.45, 7) is 6.12. The Kier molecular flexibility index (Phi) is 5.74. The summed E-state index contributed by atoms with van der Waals surface area (Å²) in [6, 6.07) is 6.64. The topological polar surface area (TPSA) is 105 Å². The van der Waals surface area contributed by atoms with Crippen molar-refractivity contribution >= 4 is 27.7 Å². The van der Waals surface area contributed by atoms with Crippen LogP contribution in [0.15, 0.2) is 33.6 Å². The molecule has 9 heteroatoms. The number of ether oxygens (including phenoxy) is 1. The van der Waals surface area contributed by atoms with Gasteiger partial charge in [0.2, 0.25) is 0 Å². The number of amidine groups is 1. The van der Waals surface area contributed by atoms with Gasteiger partial charge in [-0.25, -0.2) is 0 Å². The van der Waals surface area contributed by atoms with Crippen molar-refractivity contribution in [3.8, 4) is 0 Å². The molecular formula is C19H25N3O5S. The van der Waals surface area contributed by atoms with Crippen molar-refractivity contribution in [1.82, 2.24) is 10.2 Å². The lowest BCUT2D eigenvalue weighted by Crippen LogP contribution is -2.45. The molecule has 8 nitrogen and oxygen atoms in total. The van der Waals surface area contributed by atoms with Crippen molar-refractivity contribution in [2.45, 2.75) is 50.7 Å². The highest BCUT2D eigenvalue weighted by molar-refractivity contribution is 7.90. The number of benzene rings is 1. The van der Waals surface area contributed by atoms with E-state index in [1.807, 2.05) is 18.7 Å². The van der Waals surface area contributed by atoms with Gasteiger partial charge in [-0.2, -0.15) is 8.42 Å². The second kappa shape index (κ2) is 7.90. The molecule has 0 bridgehead atoms. The lowest BCUT2D eigenvalue weighted by molar-refractivity contribution is -0.160. The molecule has 152 valence electrons. The van der Waals surface area contributed by atoms with Crippen molar-refractivity contribution in [1.29, 1.82) is 0 Å². The van der Waals surface area contributed by atoms with Crippen LogP contribution in [-0.4, -0.2) is 56.3 Å². The predicted molar refractivity (Wildman–Crippen MR) is 103 cm³/mol. The van der Waals surface area contributed by atoms with Crippen molar-refractivity contribution in [3.63, 3.8) is 0 Å². The Morgan fingerprint density at radius 3 is 2.68 bits per heavy atom. The van der Waals surface area contributed by atoms with Gasteiger partial charge in [0.25, 0.3) is 15.9 Å². The van der Waals surface area contributed by atoms with Gasteiger partial charge in [-0.3, -0.25) is 9.59 Å². The molecular weight excluding hydrogens is 382 g/mol. The molecule has 28 heavy (non-hydrogen) atoms. The zero-order chi connectivity index (χ0) is 20.5. The molecule has 2 heterocycles. The minimum absolute atomic E-state index is 0.0405. The Balaban J connectivity index is 1.70. The second-order valence-corrected chi connectivity index (χ2v) is 8.99. The molecule has 3 rings (SSSR count). The third-order valence-corrected chi connectivity index (χ3v) is 6.08. The average molecular weight is 407 g/mol. The quantitative estimate of drug-likeness (QED) is 0.755. The number of nitrogens with zero attached hydrogens (tertiary/aromatic N) is 2. The Bertz CT molecular complexity index is 910. The summed E-state index contributed by atoms with van der Waals surface area (Å²) < 4.78 is 33.8. The maximum atomic E-state index is 12.5. The lowest BCUT2D eigenvalue weighted by atomic mass is 9.97. The molecule has 0 radical (unpaired) electrons. The number of hydrogen-bond acceptors (Lipinski definition) is 6. The summed E-state index contributed by atoms with van der Waals surface area (Å²) >= 11 is 0. The van der Waals surface area contributed by atoms with Crippen molar-refractivity contribution in [2.75, 3.05) is 13.1 Å². The largest absolute Gasteiger partial charge is 0.452 e. The van der Waals surface area contributed by atoms with Crippen LogP contribution in [0.1, 0.15) is 39.2 Å². The van der Waals surface area contributed by atoms with E-state index in [9.17, 15) is 18.0 Å². The first-order valence-corrected chi connectivity index (χ1v) is 10.8. The first kappa shape index (κ1) is 20.3. The summed E-state index contributed by atoms with van der Waals surface area (Å²) in [5.41, 5.74) is 0.557. The van der Waals surface area contributed by atoms with E-state index in [4.69, 9.17) is 4.74 Å². The number of carbonyl (C=O) groups excluding carboxylic acids is 2. The number of rotatable bonds is 4. The molecule has 1 amide bonds. The van der Waals surface area contributed by atoms with E-state index in [0.29, 0.717) is 37.3 Å². The molecule has 2 aliphatic heterocycles. The standard InChI is InChI=1S/C19H25N3O5S/c1-12(2)20-18(23)13(3)27-19(24)14-7-6-10-22(11-14)17-15-8-4-5-9-16(15)28(25,26)21-17/h4-5,8-9,12-14H,6-7,10-11H2,1-3H3,(H,20,23)/t13-,14+/m0/s1. The lowest BCUT2D eigenvalue weighted by Gasteiger charge is -2.33. The highest BCUT2D eigenvalue weighted by atomic mass is 32.2. The van der Waals surface area contributed by atoms with Gasteiger partial charge in [0.1, 0.15) is 4.90 Å². The molecule has 1 aromatic carbocycles. The fraction of sp³-hybridized carbons (Fsp3) is 0.526. The molecule has 0 aromatic heterocycles. The highest BCUT2D eigenvalue weighted by Crippen LogP contribution is 2.30. The highest BCUT2D eigenvalue weighted by Gasteiger charge is 2.36. The van der Waals surface area contributed by atoms with Gasteiger partial charge in [-0.05, 0) is 45.7 Å². The third-order valence-electron chi connectivity index (χ3n) is 4.76. The number of carbonyl (C=O) groups is 2. The zero-order valence-corrected chi connectivity index (χ0v) is 17.0. The minimum atomic E-state index is -3.71. The second-order valence-electron chi connectivity index (χ2n) is 7.41. The summed E-state index contributed by atoms with van der Waals surface area (Å²) in [4.78, 5) is 26.5. The van der Waals surface area contributed by atoms with Crippen LogP contribution in [0.3, 0.4) is 0 Å². The molecule has 1 aromatic rings. The van der Waals surface area contributed by atoms with Crippen LogP contribution < -0.4 is 5.32 Å². The molecule has 0 saturated carbocycles. The molecule has 0 spiro atoms. The SMILES string of the molecule is CC(C)NC(=O)[C@H](C)OC(=O)[C@@H]1CCCN(C2=NS(=O)(=O)c3ccccc32)C1. The summed E-state index contributed by atoms with van der Waals surface area (Å²) in [5.74, 6) is -0.859. The van der Waals surface area contributed by atoms with Crippen molar-refractivity contribution in [3.05, 3.63) is 29.8 Å². The first-order chi connectivity index (χ1) is 13.2. The monoisotopic (exact) mass is 407 g/mol. The summed E-state index contributed by atoms with van der Waals surface area (Å²) in [6.07, 6.45) is 0.443. The normalized spacial score (nSPS) is 21.6. The zero-order valence-electron chi connectivity index (χ0n) is 16.2. The smallest absolute Gasteiger partial charge is 0.311 e. The molecule has 2 aliphatic rings. The van der Waals surface area contributed by atoms with E-state index in [-0.39, 0.29) is 16.8 Å². The van der Waals surface area contributed by atoms with E-state index in [1.165, 1.54) is 6.07 Å². The number of amides is 1. The molecule has 1 N–H and O–H groups in total. The van der Waals surface area contributed by atoms with Crippen LogP contribution in [0, 0.1) is 5.92 Å². The first-order valence-electron chi connectivity index (χ1n) is 9.39. The van der Waals surface area contributed by atoms with Gasteiger partial charge < -0.3 is 15.0 Å². The van der Waals surface area contributed by atoms with Gasteiger partial charge in [-0.15, -0.1) is 4.40 Å². The number of esters is 1. The summed E-state index contributed by atoms with van der Waals surface area (Å²) in [5, 5.41) is 2.71. The van der Waals surface area contributed by atoms with Crippen LogP contribution in [0.4, 0.5) is 0 Å². The van der Waals surface area contributed by atoms with E-state index < -0.39 is 28.0 Å². The number of hydrogen-bond donors (Lipinski definition) is 1. The van der Waals surface area contributed by atoms with Crippen molar-refractivity contribution in [2.24, 2.45) is 10.3 Å². The predicted octanol–water partition coefficient (Wildman–Crippen LogP) is 1.30. The number of fused-ring (bicyclic) bond motifs is 1. The van der Waals surface area contributed by atoms with Gasteiger partial charge >= 0.3 is 5.97 Å². The van der Waals surface area contributed by atoms with Crippen LogP contribution in [0.2, 0.25) is 0 Å². The molecule has 0 unspecified atom stereocenters. The van der Waals surface area contributed by atoms with Crippen LogP contribution in [0.25, 0.3) is 0 Å². The van der Waals surface area contributed by atoms with E-state index >= 15 is 0 Å².